The molecule has 0 aromatic heterocycles. The lowest BCUT2D eigenvalue weighted by atomic mass is 9.94. The molecule has 3 heterocycles. The molecular formula is C22H42N4O. The Kier molecular flexibility index (Phi) is 7.57. The third-order valence-electron chi connectivity index (χ3n) is 7.21. The number of carbonyl (C=O) groups is 1. The number of nitrogens with zero attached hydrogens (tertiary/aromatic N) is 4. The Hall–Kier alpha value is -0.650. The van der Waals surface area contributed by atoms with E-state index in [0.717, 1.165) is 58.2 Å². The molecule has 3 rings (SSSR count). The average molecular weight is 379 g/mol. The summed E-state index contributed by atoms with van der Waals surface area (Å²) in [4.78, 5) is 22.9. The quantitative estimate of drug-likeness (QED) is 0.752. The minimum absolute atomic E-state index is 0.268. The monoisotopic (exact) mass is 378 g/mol. The molecular weight excluding hydrogens is 336 g/mol. The van der Waals surface area contributed by atoms with Crippen LogP contribution in [0.3, 0.4) is 0 Å². The van der Waals surface area contributed by atoms with Crippen molar-refractivity contribution >= 4 is 5.91 Å². The van der Waals surface area contributed by atoms with E-state index in [9.17, 15) is 4.79 Å². The molecule has 3 fully saturated rings. The van der Waals surface area contributed by atoms with E-state index in [4.69, 9.17) is 0 Å². The Morgan fingerprint density at radius 1 is 0.704 bits per heavy atom. The van der Waals surface area contributed by atoms with Crippen molar-refractivity contribution in [2.45, 2.75) is 77.9 Å². The molecule has 1 amide bonds. The number of hydrogen-bond donors (Lipinski definition) is 0. The first-order valence-electron chi connectivity index (χ1n) is 11.5. The zero-order valence-corrected chi connectivity index (χ0v) is 18.2. The average Bonchev–Trinajstić information content (AvgIpc) is 2.94. The van der Waals surface area contributed by atoms with E-state index in [0.29, 0.717) is 18.0 Å². The second kappa shape index (κ2) is 9.71. The molecule has 0 radical (unpaired) electrons. The van der Waals surface area contributed by atoms with Crippen molar-refractivity contribution in [3.8, 4) is 0 Å². The molecule has 5 nitrogen and oxygen atoms in total. The van der Waals surface area contributed by atoms with Crippen LogP contribution in [0.25, 0.3) is 0 Å². The molecule has 3 aliphatic rings. The van der Waals surface area contributed by atoms with Crippen LogP contribution in [0.2, 0.25) is 0 Å². The number of amides is 1. The maximum Gasteiger partial charge on any atom is 0.225 e. The molecule has 1 atom stereocenters. The fourth-order valence-electron chi connectivity index (χ4n) is 5.21. The molecule has 0 aliphatic carbocycles. The van der Waals surface area contributed by atoms with E-state index in [1.807, 2.05) is 0 Å². The predicted octanol–water partition coefficient (Wildman–Crippen LogP) is 2.51. The Bertz CT molecular complexity index is 465. The van der Waals surface area contributed by atoms with Crippen LogP contribution in [-0.2, 0) is 4.79 Å². The number of carbonyl (C=O) groups excluding carboxylic acids is 1. The van der Waals surface area contributed by atoms with Gasteiger partial charge >= 0.3 is 0 Å². The normalized spacial score (nSPS) is 28.1. The van der Waals surface area contributed by atoms with Gasteiger partial charge in [-0.3, -0.25) is 9.69 Å². The highest BCUT2D eigenvalue weighted by Crippen LogP contribution is 2.24. The Balaban J connectivity index is 1.43. The Morgan fingerprint density at radius 3 is 1.85 bits per heavy atom. The van der Waals surface area contributed by atoms with Gasteiger partial charge < -0.3 is 14.7 Å². The molecule has 0 saturated carbocycles. The van der Waals surface area contributed by atoms with Crippen molar-refractivity contribution in [2.75, 3.05) is 52.4 Å². The van der Waals surface area contributed by atoms with Crippen LogP contribution in [0.15, 0.2) is 0 Å². The van der Waals surface area contributed by atoms with Gasteiger partial charge in [0.15, 0.2) is 0 Å². The van der Waals surface area contributed by atoms with Crippen LogP contribution in [0.4, 0.5) is 0 Å². The summed E-state index contributed by atoms with van der Waals surface area (Å²) in [6.07, 6.45) is 6.02. The molecule has 0 N–H and O–H groups in total. The second-order valence-corrected chi connectivity index (χ2v) is 9.48. The topological polar surface area (TPSA) is 30.0 Å². The first kappa shape index (κ1) is 21.1. The van der Waals surface area contributed by atoms with Gasteiger partial charge in [-0.2, -0.15) is 0 Å². The lowest BCUT2D eigenvalue weighted by Gasteiger charge is -2.41. The maximum atomic E-state index is 13.0. The fraction of sp³-hybridized carbons (Fsp3) is 0.955. The molecule has 156 valence electrons. The van der Waals surface area contributed by atoms with Crippen molar-refractivity contribution in [3.63, 3.8) is 0 Å². The summed E-state index contributed by atoms with van der Waals surface area (Å²) >= 11 is 0. The third-order valence-corrected chi connectivity index (χ3v) is 7.21. The number of hydrogen-bond acceptors (Lipinski definition) is 4. The van der Waals surface area contributed by atoms with Crippen LogP contribution in [0, 0.1) is 5.92 Å². The molecule has 27 heavy (non-hydrogen) atoms. The van der Waals surface area contributed by atoms with E-state index in [1.165, 1.54) is 32.4 Å². The fourth-order valence-corrected chi connectivity index (χ4v) is 5.21. The predicted molar refractivity (Wildman–Crippen MR) is 112 cm³/mol. The highest BCUT2D eigenvalue weighted by Gasteiger charge is 2.32. The highest BCUT2D eigenvalue weighted by atomic mass is 16.2. The molecule has 0 aromatic rings. The van der Waals surface area contributed by atoms with Crippen LogP contribution < -0.4 is 0 Å². The zero-order chi connectivity index (χ0) is 19.4. The van der Waals surface area contributed by atoms with Gasteiger partial charge in [0, 0.05) is 50.2 Å². The lowest BCUT2D eigenvalue weighted by molar-refractivity contribution is -0.139. The first-order valence-corrected chi connectivity index (χ1v) is 11.5. The van der Waals surface area contributed by atoms with Crippen molar-refractivity contribution in [3.05, 3.63) is 0 Å². The van der Waals surface area contributed by atoms with Gasteiger partial charge in [-0.15, -0.1) is 0 Å². The van der Waals surface area contributed by atoms with Crippen molar-refractivity contribution < 1.29 is 4.79 Å². The van der Waals surface area contributed by atoms with Gasteiger partial charge in [-0.05, 0) is 86.0 Å². The van der Waals surface area contributed by atoms with Crippen LogP contribution in [0.1, 0.15) is 59.8 Å². The third kappa shape index (κ3) is 5.45. The number of rotatable bonds is 4. The summed E-state index contributed by atoms with van der Waals surface area (Å²) in [5, 5.41) is 0. The van der Waals surface area contributed by atoms with Crippen molar-refractivity contribution in [2.24, 2.45) is 5.92 Å². The van der Waals surface area contributed by atoms with Gasteiger partial charge in [0.25, 0.3) is 0 Å². The summed E-state index contributed by atoms with van der Waals surface area (Å²) < 4.78 is 0. The number of piperazine rings is 1. The maximum absolute atomic E-state index is 13.0. The lowest BCUT2D eigenvalue weighted by Crippen LogP contribution is -2.54. The summed E-state index contributed by atoms with van der Waals surface area (Å²) in [7, 11) is 0. The van der Waals surface area contributed by atoms with E-state index in [-0.39, 0.29) is 5.92 Å². The molecule has 0 bridgehead atoms. The van der Waals surface area contributed by atoms with Gasteiger partial charge in [0.05, 0.1) is 0 Å². The van der Waals surface area contributed by atoms with Crippen LogP contribution in [-0.4, -0.2) is 96.0 Å². The standard InChI is InChI=1S/C22H42N4O/c1-18(2)23-10-5-6-21(9-13-23)25-14-16-26(17-15-25)22(27)20-7-11-24(12-8-20)19(3)4/h18-21H,5-17H2,1-4H3. The van der Waals surface area contributed by atoms with Crippen molar-refractivity contribution in [1.29, 1.82) is 0 Å². The van der Waals surface area contributed by atoms with E-state index in [1.54, 1.807) is 0 Å². The molecule has 0 aromatic carbocycles. The second-order valence-electron chi connectivity index (χ2n) is 9.48. The van der Waals surface area contributed by atoms with Gasteiger partial charge in [-0.25, -0.2) is 0 Å². The minimum atomic E-state index is 0.268. The van der Waals surface area contributed by atoms with E-state index < -0.39 is 0 Å². The van der Waals surface area contributed by atoms with E-state index >= 15 is 0 Å². The number of likely N-dealkylation sites (tertiary alicyclic amines) is 2. The summed E-state index contributed by atoms with van der Waals surface area (Å²) in [6, 6.07) is 2.00. The van der Waals surface area contributed by atoms with Crippen molar-refractivity contribution in [1.82, 2.24) is 19.6 Å². The van der Waals surface area contributed by atoms with Crippen LogP contribution in [0.5, 0.6) is 0 Å². The highest BCUT2D eigenvalue weighted by molar-refractivity contribution is 5.79. The Morgan fingerprint density at radius 2 is 1.26 bits per heavy atom. The smallest absolute Gasteiger partial charge is 0.225 e. The summed E-state index contributed by atoms with van der Waals surface area (Å²) in [5.41, 5.74) is 0. The zero-order valence-electron chi connectivity index (χ0n) is 18.2. The largest absolute Gasteiger partial charge is 0.340 e. The summed E-state index contributed by atoms with van der Waals surface area (Å²) in [6.45, 7) is 17.8. The van der Waals surface area contributed by atoms with Gasteiger partial charge in [0.2, 0.25) is 5.91 Å². The first-order chi connectivity index (χ1) is 13.0. The minimum Gasteiger partial charge on any atom is -0.340 e. The van der Waals surface area contributed by atoms with Gasteiger partial charge in [0.1, 0.15) is 0 Å². The molecule has 5 heteroatoms. The number of piperidine rings is 1. The van der Waals surface area contributed by atoms with E-state index in [2.05, 4.69) is 47.3 Å². The molecule has 1 unspecified atom stereocenters. The van der Waals surface area contributed by atoms with Gasteiger partial charge in [-0.1, -0.05) is 0 Å². The molecule has 3 saturated heterocycles. The summed E-state index contributed by atoms with van der Waals surface area (Å²) in [5.74, 6) is 0.703. The molecule has 0 spiro atoms. The Labute approximate surface area is 167 Å². The van der Waals surface area contributed by atoms with Crippen LogP contribution >= 0.6 is 0 Å². The molecule has 3 aliphatic heterocycles. The SMILES string of the molecule is CC(C)N1CCC(C(=O)N2CCN(C3CCCN(C(C)C)CC3)CC2)CC1.